The molecule has 1 heterocycles. The van der Waals surface area contributed by atoms with Crippen molar-refractivity contribution in [2.75, 3.05) is 5.73 Å². The summed E-state index contributed by atoms with van der Waals surface area (Å²) in [5, 5.41) is 0. The lowest BCUT2D eigenvalue weighted by molar-refractivity contribution is 0.459. The number of hydrogen-bond donors (Lipinski definition) is 1. The molecule has 1 aliphatic rings. The Hall–Kier alpha value is -2.10. The minimum Gasteiger partial charge on any atom is -0.439 e. The molecule has 0 bridgehead atoms. The van der Waals surface area contributed by atoms with Gasteiger partial charge in [0.05, 0.1) is 0 Å². The van der Waals surface area contributed by atoms with Crippen LogP contribution >= 0.6 is 0 Å². The van der Waals surface area contributed by atoms with Gasteiger partial charge in [-0.2, -0.15) is 4.98 Å². The summed E-state index contributed by atoms with van der Waals surface area (Å²) in [5.74, 6) is 3.01. The summed E-state index contributed by atoms with van der Waals surface area (Å²) in [6.07, 6.45) is 2.29. The summed E-state index contributed by atoms with van der Waals surface area (Å²) in [7, 11) is 0. The standard InChI is InChI=1S/C13H13N3O/c14-11-8-12(16-13(15-11)9-6-7-9)17-10-4-2-1-3-5-10/h1-5,8-9H,6-7H2,(H2,14,15,16). The molecular formula is C13H13N3O. The molecular weight excluding hydrogens is 214 g/mol. The number of nitrogens with zero attached hydrogens (tertiary/aromatic N) is 2. The van der Waals surface area contributed by atoms with Crippen LogP contribution in [0.3, 0.4) is 0 Å². The summed E-state index contributed by atoms with van der Waals surface area (Å²) in [5.41, 5.74) is 5.75. The second kappa shape index (κ2) is 4.05. The van der Waals surface area contributed by atoms with Crippen LogP contribution in [-0.4, -0.2) is 9.97 Å². The van der Waals surface area contributed by atoms with Crippen molar-refractivity contribution in [1.82, 2.24) is 9.97 Å². The molecule has 3 rings (SSSR count). The number of ether oxygens (including phenoxy) is 1. The first-order valence-corrected chi connectivity index (χ1v) is 5.68. The van der Waals surface area contributed by atoms with Crippen LogP contribution in [0.25, 0.3) is 0 Å². The first-order valence-electron chi connectivity index (χ1n) is 5.68. The molecule has 2 N–H and O–H groups in total. The van der Waals surface area contributed by atoms with E-state index in [0.29, 0.717) is 17.6 Å². The van der Waals surface area contributed by atoms with Crippen molar-refractivity contribution in [3.63, 3.8) is 0 Å². The van der Waals surface area contributed by atoms with Gasteiger partial charge in [-0.3, -0.25) is 0 Å². The van der Waals surface area contributed by atoms with Crippen molar-refractivity contribution >= 4 is 5.82 Å². The Bertz CT molecular complexity index is 523. The fourth-order valence-electron chi connectivity index (χ4n) is 1.65. The van der Waals surface area contributed by atoms with Gasteiger partial charge in [-0.15, -0.1) is 0 Å². The average molecular weight is 227 g/mol. The Kier molecular flexibility index (Phi) is 2.40. The number of hydrogen-bond acceptors (Lipinski definition) is 4. The number of nitrogen functional groups attached to an aromatic ring is 1. The molecule has 0 radical (unpaired) electrons. The number of anilines is 1. The van der Waals surface area contributed by atoms with Crippen LogP contribution in [0, 0.1) is 0 Å². The highest BCUT2D eigenvalue weighted by Gasteiger charge is 2.27. The molecule has 2 aromatic rings. The van der Waals surface area contributed by atoms with Crippen LogP contribution in [0.4, 0.5) is 5.82 Å². The lowest BCUT2D eigenvalue weighted by Crippen LogP contribution is -2.00. The predicted molar refractivity (Wildman–Crippen MR) is 64.9 cm³/mol. The quantitative estimate of drug-likeness (QED) is 0.875. The molecule has 86 valence electrons. The number of rotatable bonds is 3. The van der Waals surface area contributed by atoms with E-state index in [0.717, 1.165) is 24.4 Å². The fraction of sp³-hybridized carbons (Fsp3) is 0.231. The molecule has 17 heavy (non-hydrogen) atoms. The van der Waals surface area contributed by atoms with Crippen molar-refractivity contribution in [3.8, 4) is 11.6 Å². The summed E-state index contributed by atoms with van der Waals surface area (Å²) in [6.45, 7) is 0. The molecule has 4 heteroatoms. The molecule has 4 nitrogen and oxygen atoms in total. The van der Waals surface area contributed by atoms with Crippen LogP contribution in [0.5, 0.6) is 11.6 Å². The van der Waals surface area contributed by atoms with Crippen LogP contribution in [-0.2, 0) is 0 Å². The highest BCUT2D eigenvalue weighted by Crippen LogP contribution is 2.39. The van der Waals surface area contributed by atoms with Crippen LogP contribution < -0.4 is 10.5 Å². The van der Waals surface area contributed by atoms with Gasteiger partial charge in [-0.1, -0.05) is 18.2 Å². The van der Waals surface area contributed by atoms with Crippen molar-refractivity contribution in [2.24, 2.45) is 0 Å². The Morgan fingerprint density at radius 3 is 2.59 bits per heavy atom. The van der Waals surface area contributed by atoms with Gasteiger partial charge >= 0.3 is 0 Å². The zero-order valence-electron chi connectivity index (χ0n) is 9.34. The smallest absolute Gasteiger partial charge is 0.224 e. The predicted octanol–water partition coefficient (Wildman–Crippen LogP) is 2.73. The monoisotopic (exact) mass is 227 g/mol. The van der Waals surface area contributed by atoms with E-state index in [4.69, 9.17) is 10.5 Å². The third-order valence-corrected chi connectivity index (χ3v) is 2.65. The second-order valence-corrected chi connectivity index (χ2v) is 4.18. The van der Waals surface area contributed by atoms with E-state index in [-0.39, 0.29) is 0 Å². The Morgan fingerprint density at radius 2 is 1.88 bits per heavy atom. The number of benzene rings is 1. The zero-order valence-corrected chi connectivity index (χ0v) is 9.34. The maximum absolute atomic E-state index is 5.75. The molecule has 1 saturated carbocycles. The van der Waals surface area contributed by atoms with E-state index in [1.54, 1.807) is 6.07 Å². The van der Waals surface area contributed by atoms with Crippen molar-refractivity contribution in [3.05, 3.63) is 42.2 Å². The van der Waals surface area contributed by atoms with E-state index in [1.807, 2.05) is 30.3 Å². The Labute approximate surface area is 99.5 Å². The molecule has 0 spiro atoms. The van der Waals surface area contributed by atoms with Crippen molar-refractivity contribution in [1.29, 1.82) is 0 Å². The maximum Gasteiger partial charge on any atom is 0.224 e. The molecule has 0 atom stereocenters. The minimum atomic E-state index is 0.466. The minimum absolute atomic E-state index is 0.466. The third-order valence-electron chi connectivity index (χ3n) is 2.65. The van der Waals surface area contributed by atoms with Crippen LogP contribution in [0.15, 0.2) is 36.4 Å². The maximum atomic E-state index is 5.75. The van der Waals surface area contributed by atoms with Gasteiger partial charge in [0.25, 0.3) is 0 Å². The molecule has 0 unspecified atom stereocenters. The summed E-state index contributed by atoms with van der Waals surface area (Å²) < 4.78 is 5.65. The Balaban J connectivity index is 1.87. The Morgan fingerprint density at radius 1 is 1.12 bits per heavy atom. The summed E-state index contributed by atoms with van der Waals surface area (Å²) >= 11 is 0. The lowest BCUT2D eigenvalue weighted by atomic mass is 10.3. The topological polar surface area (TPSA) is 61.0 Å². The average Bonchev–Trinajstić information content (AvgIpc) is 3.13. The normalized spacial score (nSPS) is 14.6. The van der Waals surface area contributed by atoms with Crippen molar-refractivity contribution < 1.29 is 4.74 Å². The summed E-state index contributed by atoms with van der Waals surface area (Å²) in [6, 6.07) is 11.2. The van der Waals surface area contributed by atoms with E-state index in [9.17, 15) is 0 Å². The van der Waals surface area contributed by atoms with E-state index < -0.39 is 0 Å². The molecule has 0 amide bonds. The van der Waals surface area contributed by atoms with E-state index in [1.165, 1.54) is 0 Å². The molecule has 1 aromatic carbocycles. The molecule has 1 aromatic heterocycles. The second-order valence-electron chi connectivity index (χ2n) is 4.18. The number of nitrogens with two attached hydrogens (primary N) is 1. The van der Waals surface area contributed by atoms with Gasteiger partial charge < -0.3 is 10.5 Å². The number of aromatic nitrogens is 2. The van der Waals surface area contributed by atoms with Gasteiger partial charge in [-0.25, -0.2) is 4.98 Å². The highest BCUT2D eigenvalue weighted by atomic mass is 16.5. The van der Waals surface area contributed by atoms with E-state index in [2.05, 4.69) is 9.97 Å². The van der Waals surface area contributed by atoms with Crippen molar-refractivity contribution in [2.45, 2.75) is 18.8 Å². The molecule has 0 aliphatic heterocycles. The van der Waals surface area contributed by atoms with Crippen LogP contribution in [0.1, 0.15) is 24.6 Å². The lowest BCUT2D eigenvalue weighted by Gasteiger charge is -2.06. The largest absolute Gasteiger partial charge is 0.439 e. The van der Waals surface area contributed by atoms with E-state index >= 15 is 0 Å². The van der Waals surface area contributed by atoms with Gasteiger partial charge in [0.2, 0.25) is 5.88 Å². The van der Waals surface area contributed by atoms with Gasteiger partial charge in [-0.05, 0) is 25.0 Å². The summed E-state index contributed by atoms with van der Waals surface area (Å²) in [4.78, 5) is 8.60. The third kappa shape index (κ3) is 2.36. The van der Waals surface area contributed by atoms with Gasteiger partial charge in [0.1, 0.15) is 17.4 Å². The SMILES string of the molecule is Nc1cc(Oc2ccccc2)nc(C2CC2)n1. The van der Waals surface area contributed by atoms with Gasteiger partial charge in [0.15, 0.2) is 0 Å². The zero-order chi connectivity index (χ0) is 11.7. The first-order chi connectivity index (χ1) is 8.31. The number of para-hydroxylation sites is 1. The van der Waals surface area contributed by atoms with Crippen LogP contribution in [0.2, 0.25) is 0 Å². The fourth-order valence-corrected chi connectivity index (χ4v) is 1.65. The molecule has 1 fully saturated rings. The molecule has 0 saturated heterocycles. The first kappa shape index (κ1) is 10.1. The highest BCUT2D eigenvalue weighted by molar-refractivity contribution is 5.36. The van der Waals surface area contributed by atoms with Gasteiger partial charge in [0, 0.05) is 12.0 Å². The molecule has 1 aliphatic carbocycles.